The van der Waals surface area contributed by atoms with Crippen molar-refractivity contribution in [3.63, 3.8) is 0 Å². The Balaban J connectivity index is 1.74. The van der Waals surface area contributed by atoms with Gasteiger partial charge in [0.1, 0.15) is 0 Å². The molecule has 0 fully saturated rings. The Morgan fingerprint density at radius 3 is 2.52 bits per heavy atom. The molecule has 0 spiro atoms. The number of hydrogen-bond acceptors (Lipinski definition) is 5. The summed E-state index contributed by atoms with van der Waals surface area (Å²) in [6.45, 7) is 4.99. The van der Waals surface area contributed by atoms with Crippen molar-refractivity contribution in [2.75, 3.05) is 7.05 Å². The minimum atomic E-state index is 0.347. The molecule has 2 heterocycles. The number of aryl methyl sites for hydroxylation is 1. The Kier molecular flexibility index (Phi) is 4.57. The molecule has 3 rings (SSSR count). The fourth-order valence-corrected chi connectivity index (χ4v) is 2.56. The minimum Gasteiger partial charge on any atom is -0.297 e. The highest BCUT2D eigenvalue weighted by atomic mass is 15.1. The largest absolute Gasteiger partial charge is 0.297 e. The van der Waals surface area contributed by atoms with E-state index < -0.39 is 0 Å². The summed E-state index contributed by atoms with van der Waals surface area (Å²) in [6.07, 6.45) is 6.13. The van der Waals surface area contributed by atoms with Gasteiger partial charge in [-0.25, -0.2) is 9.97 Å². The summed E-state index contributed by atoms with van der Waals surface area (Å²) in [7, 11) is 2.11. The smallest absolute Gasteiger partial charge is 0.0890 e. The first-order valence-corrected chi connectivity index (χ1v) is 7.81. The van der Waals surface area contributed by atoms with Crippen molar-refractivity contribution < 1.29 is 0 Å². The third kappa shape index (κ3) is 3.68. The van der Waals surface area contributed by atoms with Crippen molar-refractivity contribution in [1.82, 2.24) is 24.8 Å². The van der Waals surface area contributed by atoms with E-state index in [2.05, 4.69) is 33.8 Å². The van der Waals surface area contributed by atoms with Crippen molar-refractivity contribution >= 4 is 11.0 Å². The van der Waals surface area contributed by atoms with Crippen LogP contribution in [0.4, 0.5) is 0 Å². The number of rotatable bonds is 5. The monoisotopic (exact) mass is 307 g/mol. The van der Waals surface area contributed by atoms with E-state index in [9.17, 15) is 0 Å². The first-order chi connectivity index (χ1) is 11.1. The molecule has 0 aliphatic rings. The Bertz CT molecular complexity index is 788. The van der Waals surface area contributed by atoms with E-state index in [1.165, 1.54) is 0 Å². The highest BCUT2D eigenvalue weighted by molar-refractivity contribution is 5.74. The number of nitrogens with zero attached hydrogens (tertiary/aromatic N) is 5. The average molecular weight is 307 g/mol. The maximum Gasteiger partial charge on any atom is 0.0890 e. The molecular weight excluding hydrogens is 286 g/mol. The highest BCUT2D eigenvalue weighted by Gasteiger charge is 2.14. The van der Waals surface area contributed by atoms with Gasteiger partial charge in [0.2, 0.25) is 0 Å². The normalized spacial score (nSPS) is 12.7. The quantitative estimate of drug-likeness (QED) is 0.725. The zero-order valence-corrected chi connectivity index (χ0v) is 13.8. The average Bonchev–Trinajstić information content (AvgIpc) is 2.56. The standard InChI is InChI=1S/C18H21N5/c1-13(10-15-11-19-8-9-20-15)23(3)12-18-14(2)21-16-6-4-5-7-17(16)22-18/h4-9,11,13H,10,12H2,1-3H3/t13-/m0/s1. The van der Waals surface area contributed by atoms with Crippen molar-refractivity contribution in [3.8, 4) is 0 Å². The predicted molar refractivity (Wildman–Crippen MR) is 90.9 cm³/mol. The molecule has 5 heteroatoms. The van der Waals surface area contributed by atoms with Gasteiger partial charge in [-0.2, -0.15) is 0 Å². The molecule has 23 heavy (non-hydrogen) atoms. The Labute approximate surface area is 136 Å². The molecule has 1 atom stereocenters. The van der Waals surface area contributed by atoms with Gasteiger partial charge in [0, 0.05) is 37.6 Å². The second-order valence-electron chi connectivity index (χ2n) is 5.91. The van der Waals surface area contributed by atoms with Gasteiger partial charge in [0.05, 0.1) is 28.1 Å². The molecule has 2 aromatic heterocycles. The van der Waals surface area contributed by atoms with E-state index in [4.69, 9.17) is 4.98 Å². The summed E-state index contributed by atoms with van der Waals surface area (Å²) in [5.74, 6) is 0. The molecular formula is C18H21N5. The molecule has 0 N–H and O–H groups in total. The first kappa shape index (κ1) is 15.5. The summed E-state index contributed by atoms with van der Waals surface area (Å²) in [4.78, 5) is 20.2. The number of para-hydroxylation sites is 2. The van der Waals surface area contributed by atoms with E-state index in [-0.39, 0.29) is 0 Å². The van der Waals surface area contributed by atoms with E-state index >= 15 is 0 Å². The molecule has 0 bridgehead atoms. The van der Waals surface area contributed by atoms with Crippen LogP contribution in [-0.4, -0.2) is 37.9 Å². The van der Waals surface area contributed by atoms with Gasteiger partial charge in [-0.3, -0.25) is 14.9 Å². The molecule has 0 aliphatic heterocycles. The summed E-state index contributed by atoms with van der Waals surface area (Å²) >= 11 is 0. The predicted octanol–water partition coefficient (Wildman–Crippen LogP) is 2.79. The molecule has 1 aromatic carbocycles. The second kappa shape index (κ2) is 6.79. The molecule has 118 valence electrons. The Morgan fingerprint density at radius 2 is 1.83 bits per heavy atom. The fourth-order valence-electron chi connectivity index (χ4n) is 2.56. The van der Waals surface area contributed by atoms with Gasteiger partial charge < -0.3 is 0 Å². The van der Waals surface area contributed by atoms with Crippen LogP contribution in [0.15, 0.2) is 42.9 Å². The van der Waals surface area contributed by atoms with Gasteiger partial charge >= 0.3 is 0 Å². The van der Waals surface area contributed by atoms with Crippen LogP contribution in [0, 0.1) is 6.92 Å². The van der Waals surface area contributed by atoms with Crippen LogP contribution in [0.3, 0.4) is 0 Å². The van der Waals surface area contributed by atoms with Crippen molar-refractivity contribution in [3.05, 3.63) is 59.9 Å². The molecule has 0 amide bonds. The lowest BCUT2D eigenvalue weighted by molar-refractivity contribution is 0.243. The van der Waals surface area contributed by atoms with Gasteiger partial charge in [0.25, 0.3) is 0 Å². The van der Waals surface area contributed by atoms with Crippen LogP contribution >= 0.6 is 0 Å². The van der Waals surface area contributed by atoms with Crippen LogP contribution in [0.1, 0.15) is 24.0 Å². The number of benzene rings is 1. The summed E-state index contributed by atoms with van der Waals surface area (Å²) < 4.78 is 0. The van der Waals surface area contributed by atoms with Gasteiger partial charge in [-0.1, -0.05) is 12.1 Å². The van der Waals surface area contributed by atoms with Crippen LogP contribution < -0.4 is 0 Å². The molecule has 0 unspecified atom stereocenters. The number of hydrogen-bond donors (Lipinski definition) is 0. The molecule has 0 radical (unpaired) electrons. The maximum absolute atomic E-state index is 4.77. The van der Waals surface area contributed by atoms with Crippen LogP contribution in [0.5, 0.6) is 0 Å². The van der Waals surface area contributed by atoms with Crippen molar-refractivity contribution in [2.24, 2.45) is 0 Å². The second-order valence-corrected chi connectivity index (χ2v) is 5.91. The highest BCUT2D eigenvalue weighted by Crippen LogP contribution is 2.15. The molecule has 0 saturated heterocycles. The lowest BCUT2D eigenvalue weighted by Gasteiger charge is -2.24. The SMILES string of the molecule is Cc1nc2ccccc2nc1CN(C)[C@@H](C)Cc1cnccn1. The Morgan fingerprint density at radius 1 is 1.09 bits per heavy atom. The van der Waals surface area contributed by atoms with E-state index in [1.807, 2.05) is 37.4 Å². The Hall–Kier alpha value is -2.40. The first-order valence-electron chi connectivity index (χ1n) is 7.81. The summed E-state index contributed by atoms with van der Waals surface area (Å²) in [5, 5.41) is 0. The lowest BCUT2D eigenvalue weighted by Crippen LogP contribution is -2.31. The number of likely N-dealkylation sites (N-methyl/N-ethyl adjacent to an activating group) is 1. The topological polar surface area (TPSA) is 54.8 Å². The van der Waals surface area contributed by atoms with E-state index in [0.29, 0.717) is 6.04 Å². The van der Waals surface area contributed by atoms with Crippen LogP contribution in [0.25, 0.3) is 11.0 Å². The van der Waals surface area contributed by atoms with E-state index in [0.717, 1.165) is 41.1 Å². The third-order valence-corrected chi connectivity index (χ3v) is 4.12. The molecule has 5 nitrogen and oxygen atoms in total. The molecule has 3 aromatic rings. The molecule has 0 saturated carbocycles. The van der Waals surface area contributed by atoms with Crippen LogP contribution in [0.2, 0.25) is 0 Å². The molecule has 0 aliphatic carbocycles. The van der Waals surface area contributed by atoms with Crippen molar-refractivity contribution in [1.29, 1.82) is 0 Å². The maximum atomic E-state index is 4.77. The third-order valence-electron chi connectivity index (χ3n) is 4.12. The minimum absolute atomic E-state index is 0.347. The van der Waals surface area contributed by atoms with Gasteiger partial charge in [0.15, 0.2) is 0 Å². The van der Waals surface area contributed by atoms with Crippen molar-refractivity contribution in [2.45, 2.75) is 32.9 Å². The van der Waals surface area contributed by atoms with Gasteiger partial charge in [-0.05, 0) is 33.0 Å². The van der Waals surface area contributed by atoms with Gasteiger partial charge in [-0.15, -0.1) is 0 Å². The zero-order valence-electron chi connectivity index (χ0n) is 13.8. The fraction of sp³-hybridized carbons (Fsp3) is 0.333. The zero-order chi connectivity index (χ0) is 16.2. The van der Waals surface area contributed by atoms with Crippen LogP contribution in [-0.2, 0) is 13.0 Å². The summed E-state index contributed by atoms with van der Waals surface area (Å²) in [5.41, 5.74) is 4.92. The number of aromatic nitrogens is 4. The number of fused-ring (bicyclic) bond motifs is 1. The summed E-state index contributed by atoms with van der Waals surface area (Å²) in [6, 6.07) is 8.34. The van der Waals surface area contributed by atoms with E-state index in [1.54, 1.807) is 12.4 Å². The lowest BCUT2D eigenvalue weighted by atomic mass is 10.1.